The molecule has 1 heterocycles. The fourth-order valence-electron chi connectivity index (χ4n) is 2.61. The van der Waals surface area contributed by atoms with Crippen molar-refractivity contribution in [3.8, 4) is 5.75 Å². The van der Waals surface area contributed by atoms with Crippen LogP contribution in [0, 0.1) is 0 Å². The number of hydrogen-bond donors (Lipinski definition) is 2. The van der Waals surface area contributed by atoms with Crippen LogP contribution in [0.1, 0.15) is 24.3 Å². The van der Waals surface area contributed by atoms with Gasteiger partial charge in [0.2, 0.25) is 0 Å². The summed E-state index contributed by atoms with van der Waals surface area (Å²) in [4.78, 5) is 27.8. The zero-order valence-electron chi connectivity index (χ0n) is 14.6. The van der Waals surface area contributed by atoms with Gasteiger partial charge in [-0.05, 0) is 32.0 Å². The van der Waals surface area contributed by atoms with Gasteiger partial charge in [0.05, 0.1) is 12.3 Å². The van der Waals surface area contributed by atoms with E-state index in [1.54, 1.807) is 26.0 Å². The summed E-state index contributed by atoms with van der Waals surface area (Å²) in [5, 5.41) is 3.53. The molecule has 1 unspecified atom stereocenters. The highest BCUT2D eigenvalue weighted by Gasteiger charge is 2.23. The Morgan fingerprint density at radius 3 is 2.50 bits per heavy atom. The van der Waals surface area contributed by atoms with E-state index in [1.165, 1.54) is 0 Å². The number of carbonyl (C=O) groups excluding carboxylic acids is 2. The maximum absolute atomic E-state index is 12.6. The number of para-hydroxylation sites is 2. The Hall–Kier alpha value is -3.28. The van der Waals surface area contributed by atoms with E-state index in [0.717, 1.165) is 10.9 Å². The van der Waals surface area contributed by atoms with Crippen molar-refractivity contribution < 1.29 is 19.1 Å². The van der Waals surface area contributed by atoms with E-state index in [1.807, 2.05) is 42.5 Å². The second-order valence-electron chi connectivity index (χ2n) is 5.70. The molecule has 2 aromatic carbocycles. The van der Waals surface area contributed by atoms with Crippen LogP contribution in [0.15, 0.2) is 54.6 Å². The van der Waals surface area contributed by atoms with Gasteiger partial charge in [0.25, 0.3) is 5.91 Å². The van der Waals surface area contributed by atoms with Gasteiger partial charge in [0, 0.05) is 10.9 Å². The molecule has 0 saturated carbocycles. The number of hydrogen-bond acceptors (Lipinski definition) is 4. The number of ether oxygens (including phenoxy) is 2. The molecular formula is C20H20N2O4. The molecule has 3 rings (SSSR count). The van der Waals surface area contributed by atoms with Crippen molar-refractivity contribution in [1.82, 2.24) is 4.98 Å². The standard InChI is InChI=1S/C20H20N2O4/c1-3-25-20(24)18-17(15-11-7-8-12-16(15)21-18)22-19(23)13(2)26-14-9-5-4-6-10-14/h4-13,21H,3H2,1-2H3,(H,22,23). The predicted molar refractivity (Wildman–Crippen MR) is 99.4 cm³/mol. The average molecular weight is 352 g/mol. The third-order valence-corrected chi connectivity index (χ3v) is 3.86. The highest BCUT2D eigenvalue weighted by molar-refractivity contribution is 6.11. The van der Waals surface area contributed by atoms with Crippen LogP contribution in [0.4, 0.5) is 5.69 Å². The lowest BCUT2D eigenvalue weighted by Gasteiger charge is -2.15. The van der Waals surface area contributed by atoms with Gasteiger partial charge >= 0.3 is 5.97 Å². The minimum atomic E-state index is -0.735. The molecule has 26 heavy (non-hydrogen) atoms. The number of fused-ring (bicyclic) bond motifs is 1. The smallest absolute Gasteiger partial charge is 0.356 e. The van der Waals surface area contributed by atoms with Crippen molar-refractivity contribution in [3.05, 3.63) is 60.3 Å². The first-order chi connectivity index (χ1) is 12.6. The molecule has 0 bridgehead atoms. The predicted octanol–water partition coefficient (Wildman–Crippen LogP) is 3.75. The maximum atomic E-state index is 12.6. The summed E-state index contributed by atoms with van der Waals surface area (Å²) >= 11 is 0. The zero-order chi connectivity index (χ0) is 18.5. The first-order valence-electron chi connectivity index (χ1n) is 8.40. The maximum Gasteiger partial charge on any atom is 0.356 e. The van der Waals surface area contributed by atoms with E-state index in [9.17, 15) is 9.59 Å². The molecule has 1 aromatic heterocycles. The fourth-order valence-corrected chi connectivity index (χ4v) is 2.61. The van der Waals surface area contributed by atoms with Gasteiger partial charge in [-0.3, -0.25) is 4.79 Å². The minimum absolute atomic E-state index is 0.216. The molecule has 6 heteroatoms. The van der Waals surface area contributed by atoms with E-state index in [2.05, 4.69) is 10.3 Å². The Balaban J connectivity index is 1.85. The van der Waals surface area contributed by atoms with Crippen molar-refractivity contribution in [2.24, 2.45) is 0 Å². The summed E-state index contributed by atoms with van der Waals surface area (Å²) in [5.41, 5.74) is 1.35. The normalized spacial score (nSPS) is 11.8. The second kappa shape index (κ2) is 7.74. The Morgan fingerprint density at radius 1 is 1.08 bits per heavy atom. The molecule has 0 aliphatic carbocycles. The highest BCUT2D eigenvalue weighted by atomic mass is 16.5. The molecule has 0 radical (unpaired) electrons. The summed E-state index contributed by atoms with van der Waals surface area (Å²) in [6.07, 6.45) is -0.735. The molecule has 0 saturated heterocycles. The van der Waals surface area contributed by atoms with Crippen LogP contribution >= 0.6 is 0 Å². The molecular weight excluding hydrogens is 332 g/mol. The first kappa shape index (κ1) is 17.5. The van der Waals surface area contributed by atoms with Crippen molar-refractivity contribution in [2.75, 3.05) is 11.9 Å². The number of carbonyl (C=O) groups is 2. The molecule has 0 aliphatic rings. The molecule has 0 aliphatic heterocycles. The summed E-state index contributed by atoms with van der Waals surface area (Å²) in [5.74, 6) is -0.278. The van der Waals surface area contributed by atoms with Crippen molar-refractivity contribution in [3.63, 3.8) is 0 Å². The molecule has 134 valence electrons. The molecule has 6 nitrogen and oxygen atoms in total. The monoisotopic (exact) mass is 352 g/mol. The highest BCUT2D eigenvalue weighted by Crippen LogP contribution is 2.28. The van der Waals surface area contributed by atoms with Gasteiger partial charge in [-0.1, -0.05) is 36.4 Å². The Bertz CT molecular complexity index is 918. The topological polar surface area (TPSA) is 80.4 Å². The molecule has 2 N–H and O–H groups in total. The summed E-state index contributed by atoms with van der Waals surface area (Å²) in [6.45, 7) is 3.63. The molecule has 0 spiro atoms. The SMILES string of the molecule is CCOC(=O)c1[nH]c2ccccc2c1NC(=O)C(C)Oc1ccccc1. The van der Waals surface area contributed by atoms with E-state index in [-0.39, 0.29) is 18.2 Å². The van der Waals surface area contributed by atoms with E-state index >= 15 is 0 Å². The quantitative estimate of drug-likeness (QED) is 0.662. The van der Waals surface area contributed by atoms with Crippen LogP contribution in [-0.4, -0.2) is 29.6 Å². The third-order valence-electron chi connectivity index (χ3n) is 3.86. The van der Waals surface area contributed by atoms with Crippen LogP contribution < -0.4 is 10.1 Å². The number of benzene rings is 2. The van der Waals surface area contributed by atoms with Gasteiger partial charge in [-0.2, -0.15) is 0 Å². The Morgan fingerprint density at radius 2 is 1.77 bits per heavy atom. The molecule has 1 atom stereocenters. The summed E-state index contributed by atoms with van der Waals surface area (Å²) < 4.78 is 10.7. The van der Waals surface area contributed by atoms with Crippen LogP contribution in [-0.2, 0) is 9.53 Å². The lowest BCUT2D eigenvalue weighted by molar-refractivity contribution is -0.122. The molecule has 1 amide bonds. The van der Waals surface area contributed by atoms with Crippen molar-refractivity contribution >= 4 is 28.5 Å². The Labute approximate surface area is 151 Å². The van der Waals surface area contributed by atoms with Gasteiger partial charge < -0.3 is 19.8 Å². The van der Waals surface area contributed by atoms with Crippen LogP contribution in [0.3, 0.4) is 0 Å². The third kappa shape index (κ3) is 3.69. The van der Waals surface area contributed by atoms with Crippen LogP contribution in [0.2, 0.25) is 0 Å². The lowest BCUT2D eigenvalue weighted by atomic mass is 10.2. The van der Waals surface area contributed by atoms with E-state index < -0.39 is 12.1 Å². The van der Waals surface area contributed by atoms with Gasteiger partial charge in [-0.15, -0.1) is 0 Å². The number of aromatic nitrogens is 1. The second-order valence-corrected chi connectivity index (χ2v) is 5.70. The molecule has 3 aromatic rings. The number of H-pyrrole nitrogens is 1. The van der Waals surface area contributed by atoms with Crippen molar-refractivity contribution in [2.45, 2.75) is 20.0 Å². The van der Waals surface area contributed by atoms with Gasteiger partial charge in [-0.25, -0.2) is 4.79 Å². The number of anilines is 1. The van der Waals surface area contributed by atoms with E-state index in [0.29, 0.717) is 11.4 Å². The van der Waals surface area contributed by atoms with E-state index in [4.69, 9.17) is 9.47 Å². The fraction of sp³-hybridized carbons (Fsp3) is 0.200. The molecule has 0 fully saturated rings. The number of aromatic amines is 1. The number of nitrogens with one attached hydrogen (secondary N) is 2. The van der Waals surface area contributed by atoms with Crippen LogP contribution in [0.5, 0.6) is 5.75 Å². The van der Waals surface area contributed by atoms with Gasteiger partial charge in [0.15, 0.2) is 6.10 Å². The van der Waals surface area contributed by atoms with Gasteiger partial charge in [0.1, 0.15) is 11.4 Å². The van der Waals surface area contributed by atoms with Crippen molar-refractivity contribution in [1.29, 1.82) is 0 Å². The largest absolute Gasteiger partial charge is 0.481 e. The summed E-state index contributed by atoms with van der Waals surface area (Å²) in [6, 6.07) is 16.4. The first-order valence-corrected chi connectivity index (χ1v) is 8.40. The number of amides is 1. The minimum Gasteiger partial charge on any atom is -0.481 e. The van der Waals surface area contributed by atoms with Crippen LogP contribution in [0.25, 0.3) is 10.9 Å². The zero-order valence-corrected chi connectivity index (χ0v) is 14.6. The number of esters is 1. The Kier molecular flexibility index (Phi) is 5.22. The number of rotatable bonds is 6. The average Bonchev–Trinajstić information content (AvgIpc) is 3.01. The summed E-state index contributed by atoms with van der Waals surface area (Å²) in [7, 11) is 0. The lowest BCUT2D eigenvalue weighted by Crippen LogP contribution is -2.30.